The maximum atomic E-state index is 13.5. The second-order valence-corrected chi connectivity index (χ2v) is 9.79. The number of carbonyl (C=O) groups is 1. The van der Waals surface area contributed by atoms with E-state index in [-0.39, 0.29) is 29.8 Å². The molecule has 1 N–H and O–H groups in total. The van der Waals surface area contributed by atoms with Crippen LogP contribution in [-0.4, -0.2) is 49.9 Å². The van der Waals surface area contributed by atoms with Gasteiger partial charge in [0.1, 0.15) is 10.8 Å². The predicted molar refractivity (Wildman–Crippen MR) is 119 cm³/mol. The van der Waals surface area contributed by atoms with Gasteiger partial charge in [-0.3, -0.25) is 9.48 Å². The maximum Gasteiger partial charge on any atom is 0.228 e. The van der Waals surface area contributed by atoms with Crippen LogP contribution in [0.15, 0.2) is 35.8 Å². The lowest BCUT2D eigenvalue weighted by atomic mass is 10.0. The summed E-state index contributed by atoms with van der Waals surface area (Å²) in [5.41, 5.74) is 3.07. The molecule has 0 spiro atoms. The summed E-state index contributed by atoms with van der Waals surface area (Å²) in [7, 11) is 0. The fourth-order valence-corrected chi connectivity index (χ4v) is 4.62. The van der Waals surface area contributed by atoms with Crippen LogP contribution in [-0.2, 0) is 16.8 Å². The molecule has 0 bridgehead atoms. The summed E-state index contributed by atoms with van der Waals surface area (Å²) in [4.78, 5) is 19.2. The highest BCUT2D eigenvalue weighted by Gasteiger charge is 2.25. The second-order valence-electron chi connectivity index (χ2n) is 8.93. The summed E-state index contributed by atoms with van der Waals surface area (Å²) in [5.74, 6) is -0.250. The van der Waals surface area contributed by atoms with Crippen LogP contribution >= 0.6 is 11.3 Å². The first-order valence-corrected chi connectivity index (χ1v) is 11.4. The van der Waals surface area contributed by atoms with Crippen LogP contribution in [0.2, 0.25) is 0 Å². The molecule has 164 valence electrons. The number of aliphatic hydroxyl groups is 1. The van der Waals surface area contributed by atoms with E-state index in [1.807, 2.05) is 10.1 Å². The first-order chi connectivity index (χ1) is 14.7. The van der Waals surface area contributed by atoms with Crippen molar-refractivity contribution < 1.29 is 14.3 Å². The summed E-state index contributed by atoms with van der Waals surface area (Å²) >= 11 is 1.48. The molecule has 1 aromatic carbocycles. The summed E-state index contributed by atoms with van der Waals surface area (Å²) in [6.07, 6.45) is 2.98. The molecule has 0 unspecified atom stereocenters. The number of amides is 1. The van der Waals surface area contributed by atoms with E-state index in [1.54, 1.807) is 23.2 Å². The van der Waals surface area contributed by atoms with Crippen LogP contribution in [0, 0.1) is 5.82 Å². The molecule has 8 heteroatoms. The SMILES string of the molecule is CC(C)(C)n1ncc(-c2nc(CC(=O)N3CCC(O)CC3)cs2)c1-c1ccc(F)cc1. The van der Waals surface area contributed by atoms with Crippen molar-refractivity contribution in [1.29, 1.82) is 0 Å². The van der Waals surface area contributed by atoms with Crippen molar-refractivity contribution in [3.05, 3.63) is 47.4 Å². The molecular formula is C23H27FN4O2S. The zero-order valence-corrected chi connectivity index (χ0v) is 18.8. The molecule has 0 atom stereocenters. The molecule has 1 saturated heterocycles. The quantitative estimate of drug-likeness (QED) is 0.661. The maximum absolute atomic E-state index is 13.5. The van der Waals surface area contributed by atoms with Crippen LogP contribution < -0.4 is 0 Å². The smallest absolute Gasteiger partial charge is 0.228 e. The highest BCUT2D eigenvalue weighted by Crippen LogP contribution is 2.36. The topological polar surface area (TPSA) is 71.2 Å². The fraction of sp³-hybridized carbons (Fsp3) is 0.435. The second kappa shape index (κ2) is 8.51. The van der Waals surface area contributed by atoms with Crippen molar-refractivity contribution in [2.75, 3.05) is 13.1 Å². The summed E-state index contributed by atoms with van der Waals surface area (Å²) < 4.78 is 15.4. The van der Waals surface area contributed by atoms with Gasteiger partial charge in [0, 0.05) is 24.0 Å². The molecule has 1 fully saturated rings. The Bertz CT molecular complexity index is 1060. The molecule has 1 aliphatic heterocycles. The van der Waals surface area contributed by atoms with Gasteiger partial charge in [0.25, 0.3) is 0 Å². The number of aliphatic hydroxyl groups excluding tert-OH is 1. The summed E-state index contributed by atoms with van der Waals surface area (Å²) in [6, 6.07) is 6.39. The van der Waals surface area contributed by atoms with E-state index in [2.05, 4.69) is 25.9 Å². The van der Waals surface area contributed by atoms with Crippen LogP contribution in [0.1, 0.15) is 39.3 Å². The third-order valence-electron chi connectivity index (χ3n) is 5.45. The lowest BCUT2D eigenvalue weighted by Crippen LogP contribution is -2.40. The Balaban J connectivity index is 1.62. The average Bonchev–Trinajstić information content (AvgIpc) is 3.36. The molecule has 0 saturated carbocycles. The number of thiazole rings is 1. The van der Waals surface area contributed by atoms with Gasteiger partial charge >= 0.3 is 0 Å². The zero-order valence-electron chi connectivity index (χ0n) is 18.0. The minimum Gasteiger partial charge on any atom is -0.393 e. The number of nitrogens with zero attached hydrogens (tertiary/aromatic N) is 4. The highest BCUT2D eigenvalue weighted by atomic mass is 32.1. The Labute approximate surface area is 185 Å². The lowest BCUT2D eigenvalue weighted by molar-refractivity contribution is -0.132. The minimum atomic E-state index is -0.306. The molecule has 31 heavy (non-hydrogen) atoms. The Morgan fingerprint density at radius 1 is 1.23 bits per heavy atom. The Morgan fingerprint density at radius 2 is 1.90 bits per heavy atom. The van der Waals surface area contributed by atoms with E-state index in [4.69, 9.17) is 4.98 Å². The molecule has 0 aliphatic carbocycles. The monoisotopic (exact) mass is 442 g/mol. The van der Waals surface area contributed by atoms with Gasteiger partial charge in [-0.2, -0.15) is 5.10 Å². The molecule has 1 amide bonds. The van der Waals surface area contributed by atoms with Gasteiger partial charge in [-0.1, -0.05) is 0 Å². The Morgan fingerprint density at radius 3 is 2.55 bits per heavy atom. The Hall–Kier alpha value is -2.58. The van der Waals surface area contributed by atoms with Crippen molar-refractivity contribution in [3.8, 4) is 21.8 Å². The first kappa shape index (κ1) is 21.6. The number of benzene rings is 1. The number of hydrogen-bond acceptors (Lipinski definition) is 5. The number of aromatic nitrogens is 3. The minimum absolute atomic E-state index is 0.0351. The fourth-order valence-electron chi connectivity index (χ4n) is 3.79. The van der Waals surface area contributed by atoms with E-state index in [0.29, 0.717) is 25.9 Å². The van der Waals surface area contributed by atoms with Gasteiger partial charge in [-0.15, -0.1) is 11.3 Å². The van der Waals surface area contributed by atoms with Gasteiger partial charge in [0.05, 0.1) is 41.2 Å². The first-order valence-electron chi connectivity index (χ1n) is 10.5. The van der Waals surface area contributed by atoms with Crippen molar-refractivity contribution in [1.82, 2.24) is 19.7 Å². The summed E-state index contributed by atoms with van der Waals surface area (Å²) in [5, 5.41) is 16.9. The van der Waals surface area contributed by atoms with Crippen LogP contribution in [0.3, 0.4) is 0 Å². The molecule has 6 nitrogen and oxygen atoms in total. The van der Waals surface area contributed by atoms with E-state index < -0.39 is 0 Å². The molecule has 1 aliphatic rings. The molecule has 0 radical (unpaired) electrons. The normalized spacial score (nSPS) is 15.5. The van der Waals surface area contributed by atoms with E-state index in [0.717, 1.165) is 27.5 Å². The van der Waals surface area contributed by atoms with E-state index >= 15 is 0 Å². The van der Waals surface area contributed by atoms with Gasteiger partial charge in [0.15, 0.2) is 0 Å². The number of likely N-dealkylation sites (tertiary alicyclic amines) is 1. The number of rotatable bonds is 4. The molecule has 3 heterocycles. The third-order valence-corrected chi connectivity index (χ3v) is 6.38. The van der Waals surface area contributed by atoms with Gasteiger partial charge in [-0.05, 0) is 57.9 Å². The van der Waals surface area contributed by atoms with Gasteiger partial charge in [-0.25, -0.2) is 9.37 Å². The summed E-state index contributed by atoms with van der Waals surface area (Å²) in [6.45, 7) is 7.38. The highest BCUT2D eigenvalue weighted by molar-refractivity contribution is 7.13. The predicted octanol–water partition coefficient (Wildman–Crippen LogP) is 4.09. The standard InChI is InChI=1S/C23H27FN4O2S/c1-23(2,3)28-21(15-4-6-16(24)7-5-15)19(13-25-28)22-26-17(14-31-22)12-20(30)27-10-8-18(29)9-11-27/h4-7,13-14,18,29H,8-12H2,1-3H3. The van der Waals surface area contributed by atoms with E-state index in [9.17, 15) is 14.3 Å². The molecule has 4 rings (SSSR count). The molecule has 3 aromatic rings. The zero-order chi connectivity index (χ0) is 22.2. The van der Waals surface area contributed by atoms with Crippen molar-refractivity contribution >= 4 is 17.2 Å². The number of piperidine rings is 1. The third kappa shape index (κ3) is 4.70. The number of halogens is 1. The average molecular weight is 443 g/mol. The lowest BCUT2D eigenvalue weighted by Gasteiger charge is -2.29. The van der Waals surface area contributed by atoms with Gasteiger partial charge < -0.3 is 10.0 Å². The largest absolute Gasteiger partial charge is 0.393 e. The van der Waals surface area contributed by atoms with Crippen molar-refractivity contribution in [3.63, 3.8) is 0 Å². The van der Waals surface area contributed by atoms with Crippen molar-refractivity contribution in [2.24, 2.45) is 0 Å². The number of carbonyl (C=O) groups excluding carboxylic acids is 1. The van der Waals surface area contributed by atoms with E-state index in [1.165, 1.54) is 23.5 Å². The molecular weight excluding hydrogens is 415 g/mol. The van der Waals surface area contributed by atoms with Crippen LogP contribution in [0.4, 0.5) is 4.39 Å². The van der Waals surface area contributed by atoms with Crippen LogP contribution in [0.5, 0.6) is 0 Å². The van der Waals surface area contributed by atoms with Crippen LogP contribution in [0.25, 0.3) is 21.8 Å². The van der Waals surface area contributed by atoms with Gasteiger partial charge in [0.2, 0.25) is 5.91 Å². The Kier molecular flexibility index (Phi) is 5.94. The molecule has 2 aromatic heterocycles. The van der Waals surface area contributed by atoms with Crippen molar-refractivity contribution in [2.45, 2.75) is 51.7 Å². The number of hydrogen-bond donors (Lipinski definition) is 1.